The van der Waals surface area contributed by atoms with Gasteiger partial charge in [-0.3, -0.25) is 4.79 Å². The summed E-state index contributed by atoms with van der Waals surface area (Å²) in [5, 5.41) is 14.1. The maximum Gasteiger partial charge on any atom is 0.265 e. The van der Waals surface area contributed by atoms with Crippen LogP contribution in [-0.4, -0.2) is 30.5 Å². The number of rotatable bonds is 4. The molecule has 0 fully saturated rings. The van der Waals surface area contributed by atoms with Crippen LogP contribution >= 0.6 is 11.5 Å². The number of amides is 1. The summed E-state index contributed by atoms with van der Waals surface area (Å²) in [7, 11) is 0. The van der Waals surface area contributed by atoms with Gasteiger partial charge in [0.15, 0.2) is 11.6 Å². The molecule has 0 radical (unpaired) electrons. The van der Waals surface area contributed by atoms with Crippen molar-refractivity contribution in [3.05, 3.63) is 52.8 Å². The molecule has 0 unspecified atom stereocenters. The monoisotopic (exact) mass is 350 g/mol. The Hall–Kier alpha value is -2.75. The van der Waals surface area contributed by atoms with Crippen LogP contribution < -0.4 is 5.32 Å². The van der Waals surface area contributed by atoms with Gasteiger partial charge in [-0.05, 0) is 37.5 Å². The number of hydrogen-bond acceptors (Lipinski definition) is 6. The number of carbonyl (C=O) groups is 1. The molecule has 3 rings (SSSR count). The number of halogens is 2. The molecular formula is C14H12F2N6OS. The van der Waals surface area contributed by atoms with Gasteiger partial charge in [-0.15, -0.1) is 10.2 Å². The zero-order valence-electron chi connectivity index (χ0n) is 12.7. The van der Waals surface area contributed by atoms with E-state index in [9.17, 15) is 13.6 Å². The van der Waals surface area contributed by atoms with Gasteiger partial charge >= 0.3 is 0 Å². The van der Waals surface area contributed by atoms with Crippen LogP contribution in [0.5, 0.6) is 0 Å². The molecular weight excluding hydrogens is 338 g/mol. The van der Waals surface area contributed by atoms with Crippen LogP contribution in [0.3, 0.4) is 0 Å². The molecule has 1 aromatic carbocycles. The van der Waals surface area contributed by atoms with Crippen LogP contribution in [0.4, 0.5) is 8.78 Å². The van der Waals surface area contributed by atoms with E-state index < -0.39 is 17.2 Å². The van der Waals surface area contributed by atoms with Gasteiger partial charge in [-0.1, -0.05) is 15.8 Å². The highest BCUT2D eigenvalue weighted by molar-refractivity contribution is 7.07. The fourth-order valence-electron chi connectivity index (χ4n) is 2.01. The van der Waals surface area contributed by atoms with Crippen LogP contribution in [-0.2, 0) is 5.54 Å². The summed E-state index contributed by atoms with van der Waals surface area (Å²) >= 11 is 0.967. The molecule has 1 N–H and O–H groups in total. The van der Waals surface area contributed by atoms with Gasteiger partial charge in [0, 0.05) is 0 Å². The van der Waals surface area contributed by atoms with Crippen molar-refractivity contribution in [3.8, 4) is 5.69 Å². The van der Waals surface area contributed by atoms with Crippen molar-refractivity contribution in [2.45, 2.75) is 19.4 Å². The van der Waals surface area contributed by atoms with Crippen LogP contribution in [0.15, 0.2) is 30.6 Å². The number of aromatic nitrogens is 5. The molecule has 2 aromatic heterocycles. The average Bonchev–Trinajstić information content (AvgIpc) is 3.21. The van der Waals surface area contributed by atoms with Crippen LogP contribution in [0, 0.1) is 11.6 Å². The van der Waals surface area contributed by atoms with E-state index in [1.54, 1.807) is 13.8 Å². The Morgan fingerprint density at radius 1 is 1.33 bits per heavy atom. The third kappa shape index (κ3) is 3.00. The molecule has 7 nitrogen and oxygen atoms in total. The van der Waals surface area contributed by atoms with Gasteiger partial charge < -0.3 is 5.32 Å². The molecule has 0 atom stereocenters. The number of benzene rings is 1. The Kier molecular flexibility index (Phi) is 4.06. The molecule has 124 valence electrons. The topological polar surface area (TPSA) is 85.6 Å². The van der Waals surface area contributed by atoms with E-state index in [4.69, 9.17) is 0 Å². The van der Waals surface area contributed by atoms with Gasteiger partial charge in [0.25, 0.3) is 5.91 Å². The first-order valence-electron chi connectivity index (χ1n) is 6.85. The molecule has 10 heteroatoms. The van der Waals surface area contributed by atoms with Crippen molar-refractivity contribution in [2.75, 3.05) is 0 Å². The predicted molar refractivity (Wildman–Crippen MR) is 81.7 cm³/mol. The highest BCUT2D eigenvalue weighted by Gasteiger charge is 2.28. The summed E-state index contributed by atoms with van der Waals surface area (Å²) in [4.78, 5) is 12.5. The van der Waals surface area contributed by atoms with Crippen LogP contribution in [0.1, 0.15) is 29.2 Å². The Balaban J connectivity index is 1.86. The van der Waals surface area contributed by atoms with Gasteiger partial charge in [-0.2, -0.15) is 0 Å². The highest BCUT2D eigenvalue weighted by Crippen LogP contribution is 2.21. The standard InChI is InChI=1S/C14H12F2N6OS/c1-14(2,18-13(23)10-6-17-21-24-10)11-7-22(20-19-11)9-5-3-4-8(15)12(9)16/h3-7H,1-2H3,(H,18,23). The zero-order valence-corrected chi connectivity index (χ0v) is 13.5. The fourth-order valence-corrected chi connectivity index (χ4v) is 2.42. The number of nitrogens with zero attached hydrogens (tertiary/aromatic N) is 5. The van der Waals surface area contributed by atoms with E-state index in [1.165, 1.54) is 24.5 Å². The van der Waals surface area contributed by atoms with Crippen molar-refractivity contribution >= 4 is 17.4 Å². The zero-order chi connectivity index (χ0) is 17.3. The van der Waals surface area contributed by atoms with Gasteiger partial charge in [0.2, 0.25) is 0 Å². The quantitative estimate of drug-likeness (QED) is 0.778. The maximum atomic E-state index is 13.8. The summed E-state index contributed by atoms with van der Waals surface area (Å²) in [5.74, 6) is -2.36. The second-order valence-electron chi connectivity index (χ2n) is 5.48. The lowest BCUT2D eigenvalue weighted by molar-refractivity contribution is 0.0914. The molecule has 0 bridgehead atoms. The number of nitrogens with one attached hydrogen (secondary N) is 1. The second-order valence-corrected chi connectivity index (χ2v) is 6.27. The maximum absolute atomic E-state index is 13.8. The van der Waals surface area contributed by atoms with Crippen molar-refractivity contribution in [2.24, 2.45) is 0 Å². The lowest BCUT2D eigenvalue weighted by atomic mass is 10.0. The summed E-state index contributed by atoms with van der Waals surface area (Å²) < 4.78 is 31.9. The first-order valence-corrected chi connectivity index (χ1v) is 7.63. The molecule has 0 saturated heterocycles. The molecule has 0 aliphatic carbocycles. The summed E-state index contributed by atoms with van der Waals surface area (Å²) in [6.07, 6.45) is 2.79. The van der Waals surface area contributed by atoms with Gasteiger partial charge in [0.05, 0.1) is 17.9 Å². The minimum atomic E-state index is -1.02. The molecule has 2 heterocycles. The number of hydrogen-bond donors (Lipinski definition) is 1. The fraction of sp³-hybridized carbons (Fsp3) is 0.214. The van der Waals surface area contributed by atoms with Crippen LogP contribution in [0.25, 0.3) is 5.69 Å². The largest absolute Gasteiger partial charge is 0.341 e. The van der Waals surface area contributed by atoms with E-state index in [-0.39, 0.29) is 11.6 Å². The molecule has 0 aliphatic heterocycles. The lowest BCUT2D eigenvalue weighted by Crippen LogP contribution is -2.41. The SMILES string of the molecule is CC(C)(NC(=O)c1cnns1)c1cn(-c2cccc(F)c2F)nn1. The Bertz CT molecular complexity index is 877. The molecule has 0 aliphatic rings. The third-order valence-electron chi connectivity index (χ3n) is 3.32. The highest BCUT2D eigenvalue weighted by atomic mass is 32.1. The first-order chi connectivity index (χ1) is 11.4. The van der Waals surface area contributed by atoms with Crippen molar-refractivity contribution in [3.63, 3.8) is 0 Å². The average molecular weight is 350 g/mol. The molecule has 0 saturated carbocycles. The first kappa shape index (κ1) is 16.1. The van der Waals surface area contributed by atoms with E-state index in [2.05, 4.69) is 25.2 Å². The summed E-state index contributed by atoms with van der Waals surface area (Å²) in [6, 6.07) is 3.77. The van der Waals surface area contributed by atoms with Crippen molar-refractivity contribution < 1.29 is 13.6 Å². The lowest BCUT2D eigenvalue weighted by Gasteiger charge is -2.22. The van der Waals surface area contributed by atoms with Gasteiger partial charge in [0.1, 0.15) is 16.3 Å². The third-order valence-corrected chi connectivity index (χ3v) is 3.99. The molecule has 1 amide bonds. The van der Waals surface area contributed by atoms with E-state index in [0.717, 1.165) is 22.3 Å². The van der Waals surface area contributed by atoms with E-state index in [0.29, 0.717) is 10.6 Å². The summed E-state index contributed by atoms with van der Waals surface area (Å²) in [5.41, 5.74) is -0.567. The number of carbonyl (C=O) groups excluding carboxylic acids is 1. The molecule has 24 heavy (non-hydrogen) atoms. The van der Waals surface area contributed by atoms with Gasteiger partial charge in [-0.25, -0.2) is 13.5 Å². The Morgan fingerprint density at radius 3 is 2.83 bits per heavy atom. The minimum Gasteiger partial charge on any atom is -0.341 e. The molecule has 3 aromatic rings. The summed E-state index contributed by atoms with van der Waals surface area (Å²) in [6.45, 7) is 3.44. The Labute approximate surface area is 139 Å². The normalized spacial score (nSPS) is 11.5. The Morgan fingerprint density at radius 2 is 2.12 bits per heavy atom. The van der Waals surface area contributed by atoms with Crippen molar-refractivity contribution in [1.29, 1.82) is 0 Å². The van der Waals surface area contributed by atoms with Crippen LogP contribution in [0.2, 0.25) is 0 Å². The predicted octanol–water partition coefficient (Wildman–Crippen LogP) is 2.06. The minimum absolute atomic E-state index is 0.0671. The van der Waals surface area contributed by atoms with E-state index in [1.807, 2.05) is 0 Å². The van der Waals surface area contributed by atoms with E-state index >= 15 is 0 Å². The van der Waals surface area contributed by atoms with Crippen molar-refractivity contribution in [1.82, 2.24) is 29.9 Å². The smallest absolute Gasteiger partial charge is 0.265 e. The molecule has 0 spiro atoms. The second kappa shape index (κ2) is 6.04.